The summed E-state index contributed by atoms with van der Waals surface area (Å²) in [7, 11) is 0. The first-order chi connectivity index (χ1) is 9.15. The minimum absolute atomic E-state index is 0.456. The van der Waals surface area contributed by atoms with Crippen LogP contribution in [0, 0.1) is 3.57 Å². The number of thioether (sulfide) groups is 1. The summed E-state index contributed by atoms with van der Waals surface area (Å²) in [5.41, 5.74) is 1.05. The summed E-state index contributed by atoms with van der Waals surface area (Å²) in [5, 5.41) is 8.87. The Morgan fingerprint density at radius 3 is 2.32 bits per heavy atom. The van der Waals surface area contributed by atoms with Crippen LogP contribution >= 0.6 is 34.4 Å². The summed E-state index contributed by atoms with van der Waals surface area (Å²) >= 11 is 3.64. The molecular weight excluding hydrogens is 371 g/mol. The molecule has 0 aliphatic carbocycles. The molecule has 2 aromatic rings. The molecule has 0 amide bonds. The van der Waals surface area contributed by atoms with Gasteiger partial charge in [0.05, 0.1) is 0 Å². The van der Waals surface area contributed by atoms with Gasteiger partial charge in [0.15, 0.2) is 0 Å². The second-order valence-corrected chi connectivity index (χ2v) is 6.61. The molecule has 0 saturated heterocycles. The first-order valence-electron chi connectivity index (χ1n) is 5.84. The van der Waals surface area contributed by atoms with Crippen LogP contribution in [0.25, 0.3) is 0 Å². The van der Waals surface area contributed by atoms with E-state index in [4.69, 9.17) is 0 Å². The molecule has 0 fully saturated rings. The molecule has 98 valence electrons. The zero-order valence-electron chi connectivity index (χ0n) is 10.1. The molecule has 0 unspecified atom stereocenters. The Balaban J connectivity index is 2.08. The molecule has 2 rings (SSSR count). The highest BCUT2D eigenvalue weighted by atomic mass is 127. The fourth-order valence-electron chi connectivity index (χ4n) is 1.68. The van der Waals surface area contributed by atoms with Gasteiger partial charge in [-0.2, -0.15) is 0 Å². The first-order valence-corrected chi connectivity index (χ1v) is 7.80. The summed E-state index contributed by atoms with van der Waals surface area (Å²) < 4.78 is 1.16. The van der Waals surface area contributed by atoms with Gasteiger partial charge < -0.3 is 5.11 Å². The standard InChI is InChI=1S/C15H13IO2S/c16-12-8-6-11(7-9-12)10-14(15(17)18)19-13-4-2-1-3-5-13/h1-9,14H,10H2,(H,17,18)/t14-/m1/s1. The van der Waals surface area contributed by atoms with Crippen LogP contribution < -0.4 is 0 Å². The van der Waals surface area contributed by atoms with Gasteiger partial charge in [0, 0.05) is 8.47 Å². The Hall–Kier alpha value is -1.01. The highest BCUT2D eigenvalue weighted by molar-refractivity contribution is 14.1. The summed E-state index contributed by atoms with van der Waals surface area (Å²) in [4.78, 5) is 12.3. The van der Waals surface area contributed by atoms with Crippen molar-refractivity contribution in [3.05, 3.63) is 63.7 Å². The number of rotatable bonds is 5. The number of benzene rings is 2. The Bertz CT molecular complexity index is 540. The van der Waals surface area contributed by atoms with Crippen molar-refractivity contribution in [3.8, 4) is 0 Å². The molecule has 2 nitrogen and oxygen atoms in total. The SMILES string of the molecule is O=C(O)[C@@H](Cc1ccc(I)cc1)Sc1ccccc1. The van der Waals surface area contributed by atoms with Gasteiger partial charge in [0.25, 0.3) is 0 Å². The molecule has 0 aliphatic heterocycles. The van der Waals surface area contributed by atoms with Gasteiger partial charge in [-0.15, -0.1) is 11.8 Å². The van der Waals surface area contributed by atoms with Gasteiger partial charge in [0.1, 0.15) is 5.25 Å². The van der Waals surface area contributed by atoms with E-state index < -0.39 is 11.2 Å². The molecule has 19 heavy (non-hydrogen) atoms. The molecule has 0 radical (unpaired) electrons. The van der Waals surface area contributed by atoms with Crippen LogP contribution in [0.3, 0.4) is 0 Å². The van der Waals surface area contributed by atoms with Crippen LogP contribution in [0.15, 0.2) is 59.5 Å². The molecule has 0 aliphatic rings. The van der Waals surface area contributed by atoms with E-state index in [-0.39, 0.29) is 0 Å². The maximum atomic E-state index is 11.4. The summed E-state index contributed by atoms with van der Waals surface area (Å²) in [6.45, 7) is 0. The van der Waals surface area contributed by atoms with Crippen LogP contribution in [0.1, 0.15) is 5.56 Å². The average molecular weight is 384 g/mol. The van der Waals surface area contributed by atoms with Crippen molar-refractivity contribution in [2.45, 2.75) is 16.6 Å². The minimum atomic E-state index is -0.771. The van der Waals surface area contributed by atoms with Gasteiger partial charge in [-0.25, -0.2) is 0 Å². The molecule has 0 aromatic heterocycles. The van der Waals surface area contributed by atoms with E-state index in [0.29, 0.717) is 6.42 Å². The normalized spacial score (nSPS) is 12.1. The number of carboxylic acids is 1. The van der Waals surface area contributed by atoms with Gasteiger partial charge in [0.2, 0.25) is 0 Å². The fraction of sp³-hybridized carbons (Fsp3) is 0.133. The van der Waals surface area contributed by atoms with Crippen LogP contribution in [0.2, 0.25) is 0 Å². The number of carbonyl (C=O) groups is 1. The van der Waals surface area contributed by atoms with Crippen molar-refractivity contribution < 1.29 is 9.90 Å². The van der Waals surface area contributed by atoms with E-state index in [1.165, 1.54) is 11.8 Å². The van der Waals surface area contributed by atoms with Crippen molar-refractivity contribution in [2.75, 3.05) is 0 Å². The lowest BCUT2D eigenvalue weighted by atomic mass is 10.1. The third-order valence-electron chi connectivity index (χ3n) is 2.63. The largest absolute Gasteiger partial charge is 0.480 e. The molecule has 0 saturated carbocycles. The number of hydrogen-bond donors (Lipinski definition) is 1. The van der Waals surface area contributed by atoms with E-state index >= 15 is 0 Å². The Morgan fingerprint density at radius 1 is 1.11 bits per heavy atom. The van der Waals surface area contributed by atoms with Crippen molar-refractivity contribution in [2.24, 2.45) is 0 Å². The van der Waals surface area contributed by atoms with Gasteiger partial charge in [-0.1, -0.05) is 30.3 Å². The minimum Gasteiger partial charge on any atom is -0.480 e. The van der Waals surface area contributed by atoms with Crippen molar-refractivity contribution in [3.63, 3.8) is 0 Å². The molecule has 2 aromatic carbocycles. The van der Waals surface area contributed by atoms with Crippen LogP contribution in [-0.4, -0.2) is 16.3 Å². The van der Waals surface area contributed by atoms with Crippen molar-refractivity contribution in [1.29, 1.82) is 0 Å². The van der Waals surface area contributed by atoms with Crippen LogP contribution in [0.4, 0.5) is 0 Å². The predicted molar refractivity (Wildman–Crippen MR) is 86.6 cm³/mol. The highest BCUT2D eigenvalue weighted by Crippen LogP contribution is 2.26. The third kappa shape index (κ3) is 4.54. The van der Waals surface area contributed by atoms with Gasteiger partial charge >= 0.3 is 5.97 Å². The predicted octanol–water partition coefficient (Wildman–Crippen LogP) is 4.08. The lowest BCUT2D eigenvalue weighted by molar-refractivity contribution is -0.136. The number of hydrogen-bond acceptors (Lipinski definition) is 2. The maximum absolute atomic E-state index is 11.4. The Labute approximate surface area is 130 Å². The van der Waals surface area contributed by atoms with Crippen molar-refractivity contribution >= 4 is 40.3 Å². The second kappa shape index (κ2) is 6.96. The zero-order chi connectivity index (χ0) is 13.7. The van der Waals surface area contributed by atoms with Gasteiger partial charge in [-0.05, 0) is 58.8 Å². The molecular formula is C15H13IO2S. The summed E-state index contributed by atoms with van der Waals surface area (Å²) in [5.74, 6) is -0.771. The first kappa shape index (κ1) is 14.4. The fourth-order valence-corrected chi connectivity index (χ4v) is 3.06. The lowest BCUT2D eigenvalue weighted by Gasteiger charge is -2.12. The second-order valence-electron chi connectivity index (χ2n) is 4.09. The summed E-state index contributed by atoms with van der Waals surface area (Å²) in [6, 6.07) is 17.6. The van der Waals surface area contributed by atoms with Crippen molar-refractivity contribution in [1.82, 2.24) is 0 Å². The number of halogens is 1. The Kier molecular flexibility index (Phi) is 5.27. The molecule has 0 bridgehead atoms. The highest BCUT2D eigenvalue weighted by Gasteiger charge is 2.19. The summed E-state index contributed by atoms with van der Waals surface area (Å²) in [6.07, 6.45) is 0.534. The molecule has 4 heteroatoms. The smallest absolute Gasteiger partial charge is 0.317 e. The maximum Gasteiger partial charge on any atom is 0.317 e. The quantitative estimate of drug-likeness (QED) is 0.624. The van der Waals surface area contributed by atoms with Crippen LogP contribution in [0.5, 0.6) is 0 Å². The van der Waals surface area contributed by atoms with Gasteiger partial charge in [-0.3, -0.25) is 4.79 Å². The van der Waals surface area contributed by atoms with E-state index in [1.807, 2.05) is 54.6 Å². The molecule has 0 heterocycles. The molecule has 1 atom stereocenters. The average Bonchev–Trinajstić information content (AvgIpc) is 2.41. The number of aliphatic carboxylic acids is 1. The number of carboxylic acid groups (broad SMARTS) is 1. The van der Waals surface area contributed by atoms with E-state index in [9.17, 15) is 9.90 Å². The van der Waals surface area contributed by atoms with E-state index in [0.717, 1.165) is 14.0 Å². The van der Waals surface area contributed by atoms with Crippen LogP contribution in [-0.2, 0) is 11.2 Å². The topological polar surface area (TPSA) is 37.3 Å². The van der Waals surface area contributed by atoms with E-state index in [2.05, 4.69) is 22.6 Å². The Morgan fingerprint density at radius 2 is 1.74 bits per heavy atom. The monoisotopic (exact) mass is 384 g/mol. The zero-order valence-corrected chi connectivity index (χ0v) is 13.1. The van der Waals surface area contributed by atoms with E-state index in [1.54, 1.807) is 0 Å². The lowest BCUT2D eigenvalue weighted by Crippen LogP contribution is -2.19. The molecule has 1 N–H and O–H groups in total. The third-order valence-corrected chi connectivity index (χ3v) is 4.55. The molecule has 0 spiro atoms.